The van der Waals surface area contributed by atoms with Crippen LogP contribution in [-0.4, -0.2) is 61.0 Å². The summed E-state index contributed by atoms with van der Waals surface area (Å²) >= 11 is 0. The first-order valence-corrected chi connectivity index (χ1v) is 8.71. The van der Waals surface area contributed by atoms with E-state index in [4.69, 9.17) is 4.42 Å². The van der Waals surface area contributed by atoms with Crippen molar-refractivity contribution in [3.8, 4) is 0 Å². The van der Waals surface area contributed by atoms with E-state index in [9.17, 15) is 4.79 Å². The number of furan rings is 1. The summed E-state index contributed by atoms with van der Waals surface area (Å²) in [6, 6.07) is 3.70. The Balaban J connectivity index is 1.64. The number of hydrogen-bond donors (Lipinski definition) is 0. The molecule has 0 radical (unpaired) electrons. The molecule has 0 N–H and O–H groups in total. The van der Waals surface area contributed by atoms with Crippen molar-refractivity contribution in [1.82, 2.24) is 14.9 Å². The Morgan fingerprint density at radius 1 is 1.24 bits per heavy atom. The van der Waals surface area contributed by atoms with Crippen LogP contribution in [0.3, 0.4) is 0 Å². The summed E-state index contributed by atoms with van der Waals surface area (Å²) in [6.45, 7) is 4.96. The number of rotatable bonds is 5. The molecule has 3 heterocycles. The first kappa shape index (κ1) is 17.3. The van der Waals surface area contributed by atoms with Crippen LogP contribution >= 0.6 is 0 Å². The molecule has 1 amide bonds. The van der Waals surface area contributed by atoms with E-state index < -0.39 is 0 Å². The Morgan fingerprint density at radius 3 is 2.68 bits per heavy atom. The first-order valence-electron chi connectivity index (χ1n) is 8.71. The van der Waals surface area contributed by atoms with Gasteiger partial charge in [0.1, 0.15) is 11.6 Å². The Bertz CT molecular complexity index is 720. The fraction of sp³-hybridized carbons (Fsp3) is 0.500. The van der Waals surface area contributed by atoms with Crippen LogP contribution in [0, 0.1) is 0 Å². The van der Waals surface area contributed by atoms with E-state index in [-0.39, 0.29) is 5.91 Å². The Labute approximate surface area is 148 Å². The van der Waals surface area contributed by atoms with Crippen LogP contribution in [0.2, 0.25) is 0 Å². The second-order valence-electron chi connectivity index (χ2n) is 6.40. The average Bonchev–Trinajstić information content (AvgIpc) is 3.10. The van der Waals surface area contributed by atoms with Crippen molar-refractivity contribution in [2.75, 3.05) is 50.1 Å². The average molecular weight is 343 g/mol. The van der Waals surface area contributed by atoms with E-state index in [0.717, 1.165) is 37.5 Å². The molecule has 0 aliphatic carbocycles. The molecule has 1 saturated heterocycles. The number of aryl methyl sites for hydroxylation is 1. The van der Waals surface area contributed by atoms with Gasteiger partial charge in [0.25, 0.3) is 5.91 Å². The Morgan fingerprint density at radius 2 is 2.00 bits per heavy atom. The molecule has 0 bridgehead atoms. The third kappa shape index (κ3) is 3.75. The maximum absolute atomic E-state index is 12.8. The van der Waals surface area contributed by atoms with Gasteiger partial charge in [0, 0.05) is 52.9 Å². The van der Waals surface area contributed by atoms with Crippen molar-refractivity contribution in [3.63, 3.8) is 0 Å². The molecule has 1 aliphatic rings. The van der Waals surface area contributed by atoms with Gasteiger partial charge in [-0.25, -0.2) is 4.98 Å². The molecule has 1 aliphatic heterocycles. The molecule has 134 valence electrons. The summed E-state index contributed by atoms with van der Waals surface area (Å²) < 4.78 is 5.46. The van der Waals surface area contributed by atoms with E-state index in [1.807, 2.05) is 30.0 Å². The largest absolute Gasteiger partial charge is 0.469 e. The van der Waals surface area contributed by atoms with Crippen LogP contribution in [-0.2, 0) is 6.42 Å². The van der Waals surface area contributed by atoms with E-state index in [0.29, 0.717) is 24.6 Å². The highest BCUT2D eigenvalue weighted by atomic mass is 16.3. The lowest BCUT2D eigenvalue weighted by Gasteiger charge is -2.35. The van der Waals surface area contributed by atoms with Gasteiger partial charge in [-0.05, 0) is 18.6 Å². The highest BCUT2D eigenvalue weighted by molar-refractivity contribution is 5.95. The topological polar surface area (TPSA) is 65.7 Å². The number of hydrogen-bond acceptors (Lipinski definition) is 6. The summed E-state index contributed by atoms with van der Waals surface area (Å²) in [6.07, 6.45) is 5.14. The maximum Gasteiger partial charge on any atom is 0.257 e. The van der Waals surface area contributed by atoms with Crippen molar-refractivity contribution in [1.29, 1.82) is 0 Å². The molecule has 2 aromatic heterocycles. The van der Waals surface area contributed by atoms with Crippen LogP contribution in [0.5, 0.6) is 0 Å². The van der Waals surface area contributed by atoms with E-state index >= 15 is 0 Å². The summed E-state index contributed by atoms with van der Waals surface area (Å²) in [5.41, 5.74) is 0.701. The number of aromatic nitrogens is 2. The standard InChI is InChI=1S/C18H25N5O2/c1-4-5-15-14(7-13-25-15)17(24)23-11-9-22(10-12-23)16-6-8-19-18(20-16)21(2)3/h6-8,13H,4-5,9-12H2,1-3H3. The third-order valence-electron chi connectivity index (χ3n) is 4.37. The lowest BCUT2D eigenvalue weighted by atomic mass is 10.1. The predicted octanol–water partition coefficient (Wildman–Crippen LogP) is 2.05. The van der Waals surface area contributed by atoms with Gasteiger partial charge in [0.05, 0.1) is 11.8 Å². The summed E-state index contributed by atoms with van der Waals surface area (Å²) in [5, 5.41) is 0. The molecule has 0 unspecified atom stereocenters. The molecular formula is C18H25N5O2. The smallest absolute Gasteiger partial charge is 0.257 e. The Hall–Kier alpha value is -2.57. The number of piperazine rings is 1. The molecule has 25 heavy (non-hydrogen) atoms. The van der Waals surface area contributed by atoms with Crippen LogP contribution in [0.25, 0.3) is 0 Å². The molecule has 0 spiro atoms. The van der Waals surface area contributed by atoms with Gasteiger partial charge in [0.2, 0.25) is 5.95 Å². The zero-order valence-corrected chi connectivity index (χ0v) is 15.1. The van der Waals surface area contributed by atoms with Gasteiger partial charge in [-0.3, -0.25) is 4.79 Å². The monoisotopic (exact) mass is 343 g/mol. The minimum Gasteiger partial charge on any atom is -0.469 e. The normalized spacial score (nSPS) is 14.7. The lowest BCUT2D eigenvalue weighted by molar-refractivity contribution is 0.0744. The van der Waals surface area contributed by atoms with Crippen molar-refractivity contribution < 1.29 is 9.21 Å². The second kappa shape index (κ2) is 7.55. The number of nitrogens with zero attached hydrogens (tertiary/aromatic N) is 5. The van der Waals surface area contributed by atoms with E-state index in [2.05, 4.69) is 21.8 Å². The molecule has 1 fully saturated rings. The van der Waals surface area contributed by atoms with Crippen LogP contribution in [0.1, 0.15) is 29.5 Å². The molecule has 7 nitrogen and oxygen atoms in total. The number of carbonyl (C=O) groups excluding carboxylic acids is 1. The van der Waals surface area contributed by atoms with Crippen LogP contribution in [0.4, 0.5) is 11.8 Å². The summed E-state index contributed by atoms with van der Waals surface area (Å²) in [7, 11) is 3.85. The number of anilines is 2. The van der Waals surface area contributed by atoms with Gasteiger partial charge in [-0.2, -0.15) is 4.98 Å². The van der Waals surface area contributed by atoms with E-state index in [1.165, 1.54) is 0 Å². The molecule has 0 aromatic carbocycles. The third-order valence-corrected chi connectivity index (χ3v) is 4.37. The Kier molecular flexibility index (Phi) is 5.21. The van der Waals surface area contributed by atoms with E-state index in [1.54, 1.807) is 18.5 Å². The fourth-order valence-electron chi connectivity index (χ4n) is 2.99. The fourth-order valence-corrected chi connectivity index (χ4v) is 2.99. The summed E-state index contributed by atoms with van der Waals surface area (Å²) in [5.74, 6) is 2.45. The van der Waals surface area contributed by atoms with Crippen LogP contribution in [0.15, 0.2) is 29.0 Å². The van der Waals surface area contributed by atoms with Gasteiger partial charge < -0.3 is 19.1 Å². The quantitative estimate of drug-likeness (QED) is 0.828. The highest BCUT2D eigenvalue weighted by Crippen LogP contribution is 2.19. The maximum atomic E-state index is 12.8. The molecule has 7 heteroatoms. The van der Waals surface area contributed by atoms with Gasteiger partial charge in [-0.1, -0.05) is 6.92 Å². The minimum absolute atomic E-state index is 0.0634. The van der Waals surface area contributed by atoms with Gasteiger partial charge in [-0.15, -0.1) is 0 Å². The van der Waals surface area contributed by atoms with Crippen LogP contribution < -0.4 is 9.80 Å². The molecule has 3 rings (SSSR count). The summed E-state index contributed by atoms with van der Waals surface area (Å²) in [4.78, 5) is 27.6. The zero-order chi connectivity index (χ0) is 17.8. The predicted molar refractivity (Wildman–Crippen MR) is 97.2 cm³/mol. The number of amides is 1. The second-order valence-corrected chi connectivity index (χ2v) is 6.40. The van der Waals surface area contributed by atoms with Gasteiger partial charge in [0.15, 0.2) is 0 Å². The first-order chi connectivity index (χ1) is 12.1. The van der Waals surface area contributed by atoms with Crippen molar-refractivity contribution in [3.05, 3.63) is 35.9 Å². The molecule has 0 saturated carbocycles. The minimum atomic E-state index is 0.0634. The molecule has 2 aromatic rings. The molecular weight excluding hydrogens is 318 g/mol. The van der Waals surface area contributed by atoms with Crippen molar-refractivity contribution in [2.45, 2.75) is 19.8 Å². The van der Waals surface area contributed by atoms with Gasteiger partial charge >= 0.3 is 0 Å². The highest BCUT2D eigenvalue weighted by Gasteiger charge is 2.25. The van der Waals surface area contributed by atoms with Crippen molar-refractivity contribution in [2.24, 2.45) is 0 Å². The number of carbonyl (C=O) groups is 1. The lowest BCUT2D eigenvalue weighted by Crippen LogP contribution is -2.49. The zero-order valence-electron chi connectivity index (χ0n) is 15.1. The van der Waals surface area contributed by atoms with Crippen molar-refractivity contribution >= 4 is 17.7 Å². The SMILES string of the molecule is CCCc1occc1C(=O)N1CCN(c2ccnc(N(C)C)n2)CC1. The molecule has 0 atom stereocenters.